The van der Waals surface area contributed by atoms with Gasteiger partial charge in [0.1, 0.15) is 0 Å². The van der Waals surface area contributed by atoms with E-state index in [0.717, 1.165) is 32.3 Å². The molecule has 204 valence electrons. The van der Waals surface area contributed by atoms with Gasteiger partial charge in [-0.1, -0.05) is 158 Å². The van der Waals surface area contributed by atoms with Crippen LogP contribution in [0, 0.1) is 0 Å². The average molecular weight is 564 g/mol. The smallest absolute Gasteiger partial charge is 0.0622 e. The van der Waals surface area contributed by atoms with E-state index in [1.807, 2.05) is 121 Å². The molecule has 0 radical (unpaired) electrons. The maximum atomic E-state index is 9.97. The van der Waals surface area contributed by atoms with Crippen molar-refractivity contribution in [3.05, 3.63) is 170 Å². The quantitative estimate of drug-likeness (QED) is 0.148. The zero-order valence-corrected chi connectivity index (χ0v) is 23.6. The molecule has 0 aliphatic carbocycles. The highest BCUT2D eigenvalue weighted by Crippen LogP contribution is 2.48. The monoisotopic (exact) mass is 563 g/mol. The molecule has 0 spiro atoms. The standard InChI is InChI=1S/C44H28/c1-2-13-29(14-3-1)31-25-26-40-42(27-31)43(37-24-12-17-30-15-4-6-18-33(30)37)38-22-10-11-23-39(38)44(40)41-28-32-16-5-7-19-34(32)35-20-8-9-21-36(35)41/h1-28H/i10D,11D,22D,23D,25D,26D,27D. The first-order valence-electron chi connectivity index (χ1n) is 18.2. The van der Waals surface area contributed by atoms with Crippen molar-refractivity contribution >= 4 is 53.9 Å². The largest absolute Gasteiger partial charge is 0.0636 e. The van der Waals surface area contributed by atoms with Gasteiger partial charge in [0.05, 0.1) is 9.60 Å². The van der Waals surface area contributed by atoms with Crippen LogP contribution in [0.4, 0.5) is 0 Å². The van der Waals surface area contributed by atoms with Crippen LogP contribution in [0.1, 0.15) is 9.60 Å². The lowest BCUT2D eigenvalue weighted by atomic mass is 9.82. The molecule has 0 aromatic heterocycles. The fourth-order valence-corrected chi connectivity index (χ4v) is 6.71. The van der Waals surface area contributed by atoms with Crippen molar-refractivity contribution in [3.8, 4) is 33.4 Å². The maximum absolute atomic E-state index is 9.97. The van der Waals surface area contributed by atoms with Crippen LogP contribution in [0.2, 0.25) is 0 Å². The Morgan fingerprint density at radius 1 is 0.341 bits per heavy atom. The zero-order chi connectivity index (χ0) is 35.1. The average Bonchev–Trinajstić information content (AvgIpc) is 3.17. The minimum Gasteiger partial charge on any atom is -0.0622 e. The molecule has 0 N–H and O–H groups in total. The Bertz CT molecular complexity index is 2930. The predicted molar refractivity (Wildman–Crippen MR) is 190 cm³/mol. The predicted octanol–water partition coefficient (Wildman–Crippen LogP) is 12.5. The fraction of sp³-hybridized carbons (Fsp3) is 0. The summed E-state index contributed by atoms with van der Waals surface area (Å²) in [7, 11) is 0. The lowest BCUT2D eigenvalue weighted by Crippen LogP contribution is -1.93. The van der Waals surface area contributed by atoms with Crippen LogP contribution in [-0.4, -0.2) is 0 Å². The Hall–Kier alpha value is -5.72. The van der Waals surface area contributed by atoms with Gasteiger partial charge in [0.25, 0.3) is 0 Å². The number of hydrogen-bond acceptors (Lipinski definition) is 0. The minimum absolute atomic E-state index is 0.0285. The summed E-state index contributed by atoms with van der Waals surface area (Å²) < 4.78 is 66.0. The third-order valence-corrected chi connectivity index (χ3v) is 8.66. The van der Waals surface area contributed by atoms with E-state index in [0.29, 0.717) is 44.2 Å². The molecule has 0 heterocycles. The first-order valence-corrected chi connectivity index (χ1v) is 14.7. The van der Waals surface area contributed by atoms with Gasteiger partial charge < -0.3 is 0 Å². The molecule has 0 nitrogen and oxygen atoms in total. The highest BCUT2D eigenvalue weighted by atomic mass is 14.2. The highest BCUT2D eigenvalue weighted by Gasteiger charge is 2.20. The van der Waals surface area contributed by atoms with E-state index in [1.54, 1.807) is 0 Å². The highest BCUT2D eigenvalue weighted by molar-refractivity contribution is 6.27. The molecular weight excluding hydrogens is 528 g/mol. The normalized spacial score (nSPS) is 13.9. The summed E-state index contributed by atoms with van der Waals surface area (Å²) in [4.78, 5) is 0. The van der Waals surface area contributed by atoms with Crippen molar-refractivity contribution in [2.75, 3.05) is 0 Å². The third-order valence-electron chi connectivity index (χ3n) is 8.66. The number of hydrogen-bond donors (Lipinski definition) is 0. The van der Waals surface area contributed by atoms with Gasteiger partial charge in [-0.2, -0.15) is 0 Å². The van der Waals surface area contributed by atoms with Gasteiger partial charge in [0.2, 0.25) is 0 Å². The van der Waals surface area contributed by atoms with E-state index < -0.39 is 0 Å². The van der Waals surface area contributed by atoms with Crippen LogP contribution in [0.3, 0.4) is 0 Å². The van der Waals surface area contributed by atoms with E-state index in [4.69, 9.17) is 2.74 Å². The lowest BCUT2D eigenvalue weighted by molar-refractivity contribution is 1.64. The first kappa shape index (κ1) is 18.7. The molecule has 0 fully saturated rings. The zero-order valence-electron chi connectivity index (χ0n) is 30.6. The maximum Gasteiger partial charge on any atom is 0.0636 e. The molecule has 0 aliphatic rings. The third kappa shape index (κ3) is 3.78. The molecule has 9 aromatic rings. The van der Waals surface area contributed by atoms with E-state index in [1.165, 1.54) is 0 Å². The topological polar surface area (TPSA) is 0 Å². The molecule has 0 atom stereocenters. The molecule has 0 heteroatoms. The lowest BCUT2D eigenvalue weighted by Gasteiger charge is -2.21. The summed E-state index contributed by atoms with van der Waals surface area (Å²) >= 11 is 0. The van der Waals surface area contributed by atoms with Gasteiger partial charge in [-0.15, -0.1) is 0 Å². The Kier molecular flexibility index (Phi) is 4.23. The van der Waals surface area contributed by atoms with Gasteiger partial charge in [0, 0.05) is 0 Å². The summed E-state index contributed by atoms with van der Waals surface area (Å²) in [6, 6.07) is 39.4. The van der Waals surface area contributed by atoms with E-state index >= 15 is 0 Å². The minimum atomic E-state index is -0.383. The van der Waals surface area contributed by atoms with E-state index in [9.17, 15) is 6.85 Å². The summed E-state index contributed by atoms with van der Waals surface area (Å²) in [5, 5.41) is 6.75. The van der Waals surface area contributed by atoms with E-state index in [-0.39, 0.29) is 53.1 Å². The van der Waals surface area contributed by atoms with Crippen molar-refractivity contribution in [2.24, 2.45) is 0 Å². The molecule has 0 unspecified atom stereocenters. The Morgan fingerprint density at radius 2 is 0.932 bits per heavy atom. The summed E-state index contributed by atoms with van der Waals surface area (Å²) in [5.41, 5.74) is 3.16. The van der Waals surface area contributed by atoms with Crippen LogP contribution in [0.5, 0.6) is 0 Å². The Morgan fingerprint density at radius 3 is 1.73 bits per heavy atom. The number of benzene rings is 9. The second kappa shape index (κ2) is 9.93. The van der Waals surface area contributed by atoms with E-state index in [2.05, 4.69) is 6.07 Å². The molecule has 0 amide bonds. The van der Waals surface area contributed by atoms with Gasteiger partial charge in [0.15, 0.2) is 0 Å². The Balaban J connectivity index is 1.65. The molecular formula is C44H28. The Labute approximate surface area is 266 Å². The second-order valence-corrected chi connectivity index (χ2v) is 11.1. The van der Waals surface area contributed by atoms with Crippen molar-refractivity contribution < 1.29 is 9.60 Å². The second-order valence-electron chi connectivity index (χ2n) is 11.1. The number of fused-ring (bicyclic) bond motifs is 6. The van der Waals surface area contributed by atoms with Crippen LogP contribution in [0.25, 0.3) is 87.2 Å². The summed E-state index contributed by atoms with van der Waals surface area (Å²) in [6.07, 6.45) is 0. The van der Waals surface area contributed by atoms with Crippen LogP contribution < -0.4 is 0 Å². The van der Waals surface area contributed by atoms with Crippen molar-refractivity contribution in [2.45, 2.75) is 0 Å². The van der Waals surface area contributed by atoms with Crippen molar-refractivity contribution in [1.29, 1.82) is 0 Å². The van der Waals surface area contributed by atoms with Crippen LogP contribution >= 0.6 is 0 Å². The van der Waals surface area contributed by atoms with Crippen LogP contribution in [-0.2, 0) is 0 Å². The van der Waals surface area contributed by atoms with Crippen LogP contribution in [0.15, 0.2) is 170 Å². The molecule has 0 saturated carbocycles. The van der Waals surface area contributed by atoms with Gasteiger partial charge in [-0.25, -0.2) is 0 Å². The molecule has 44 heavy (non-hydrogen) atoms. The molecule has 0 saturated heterocycles. The summed E-state index contributed by atoms with van der Waals surface area (Å²) in [5.74, 6) is 0. The van der Waals surface area contributed by atoms with Crippen molar-refractivity contribution in [3.63, 3.8) is 0 Å². The van der Waals surface area contributed by atoms with Crippen molar-refractivity contribution in [1.82, 2.24) is 0 Å². The molecule has 0 bridgehead atoms. The summed E-state index contributed by atoms with van der Waals surface area (Å²) in [6.45, 7) is 0. The SMILES string of the molecule is [2H]c1c([2H])c([2H])c2c(-c3cc4ccccc4c4ccccc34)c3c([2H])c([2H])c(-c4ccccc4)c([2H])c3c(-c3cccc4ccccc34)c2c1[2H]. The van der Waals surface area contributed by atoms with Gasteiger partial charge in [-0.05, 0) is 99.4 Å². The molecule has 9 rings (SSSR count). The first-order chi connectivity index (χ1) is 24.8. The van der Waals surface area contributed by atoms with Gasteiger partial charge in [-0.3, -0.25) is 0 Å². The molecule has 9 aromatic carbocycles. The van der Waals surface area contributed by atoms with Gasteiger partial charge >= 0.3 is 0 Å². The molecule has 0 aliphatic heterocycles. The fourth-order valence-electron chi connectivity index (χ4n) is 6.71. The number of rotatable bonds is 3.